The molecular weight excluding hydrogens is 354 g/mol. The second-order valence-corrected chi connectivity index (χ2v) is 7.15. The van der Waals surface area contributed by atoms with Crippen molar-refractivity contribution in [3.8, 4) is 5.75 Å². The third kappa shape index (κ3) is 4.91. The number of unbranched alkanes of at least 4 members (excludes halogenated alkanes) is 1. The summed E-state index contributed by atoms with van der Waals surface area (Å²) in [6, 6.07) is 11.4. The van der Waals surface area contributed by atoms with Crippen LogP contribution in [0.15, 0.2) is 36.4 Å². The minimum absolute atomic E-state index is 0.0637. The molecule has 1 aliphatic heterocycles. The fourth-order valence-corrected chi connectivity index (χ4v) is 3.07. The first-order chi connectivity index (χ1) is 13.6. The van der Waals surface area contributed by atoms with Crippen molar-refractivity contribution in [2.45, 2.75) is 19.8 Å². The average molecular weight is 383 g/mol. The fourth-order valence-electron chi connectivity index (χ4n) is 3.07. The Kier molecular flexibility index (Phi) is 6.68. The molecule has 7 nitrogen and oxygen atoms in total. The summed E-state index contributed by atoms with van der Waals surface area (Å²) < 4.78 is 5.67. The Bertz CT molecular complexity index is 753. The highest BCUT2D eigenvalue weighted by molar-refractivity contribution is 5.94. The van der Waals surface area contributed by atoms with Crippen LogP contribution in [0.5, 0.6) is 5.75 Å². The number of hydrogen-bond donors (Lipinski definition) is 0. The lowest BCUT2D eigenvalue weighted by molar-refractivity contribution is 0.0746. The van der Waals surface area contributed by atoms with Gasteiger partial charge in [0.25, 0.3) is 5.91 Å². The van der Waals surface area contributed by atoms with E-state index in [0.717, 1.165) is 43.3 Å². The van der Waals surface area contributed by atoms with Crippen molar-refractivity contribution in [2.24, 2.45) is 0 Å². The summed E-state index contributed by atoms with van der Waals surface area (Å²) in [5.41, 5.74) is 0.700. The van der Waals surface area contributed by atoms with E-state index in [1.54, 1.807) is 0 Å². The first kappa shape index (κ1) is 19.9. The Hall–Kier alpha value is -2.83. The lowest BCUT2D eigenvalue weighted by Gasteiger charge is -2.35. The molecule has 0 N–H and O–H groups in total. The SMILES string of the molecule is CCCCOc1ccc(C(=O)N2CCN(c3ccc(N(C)C)nn3)CC2)cc1. The smallest absolute Gasteiger partial charge is 0.253 e. The van der Waals surface area contributed by atoms with Crippen LogP contribution in [0.4, 0.5) is 11.6 Å². The van der Waals surface area contributed by atoms with Crippen molar-refractivity contribution < 1.29 is 9.53 Å². The van der Waals surface area contributed by atoms with Gasteiger partial charge in [-0.3, -0.25) is 4.79 Å². The Labute approximate surface area is 166 Å². The van der Waals surface area contributed by atoms with E-state index in [-0.39, 0.29) is 5.91 Å². The summed E-state index contributed by atoms with van der Waals surface area (Å²) in [5.74, 6) is 2.56. The first-order valence-corrected chi connectivity index (χ1v) is 9.86. The van der Waals surface area contributed by atoms with Crippen molar-refractivity contribution in [1.82, 2.24) is 15.1 Å². The standard InChI is InChI=1S/C21H29N5O2/c1-4-5-16-28-18-8-6-17(7-9-18)21(27)26-14-12-25(13-15-26)20-11-10-19(22-23-20)24(2)3/h6-11H,4-5,12-16H2,1-3H3. The topological polar surface area (TPSA) is 61.8 Å². The monoisotopic (exact) mass is 383 g/mol. The lowest BCUT2D eigenvalue weighted by atomic mass is 10.1. The zero-order valence-electron chi connectivity index (χ0n) is 17.0. The molecule has 1 saturated heterocycles. The largest absolute Gasteiger partial charge is 0.494 e. The minimum Gasteiger partial charge on any atom is -0.494 e. The number of hydrogen-bond acceptors (Lipinski definition) is 6. The summed E-state index contributed by atoms with van der Waals surface area (Å²) >= 11 is 0. The van der Waals surface area contributed by atoms with Crippen LogP contribution in [0, 0.1) is 0 Å². The molecule has 0 atom stereocenters. The van der Waals surface area contributed by atoms with Gasteiger partial charge < -0.3 is 19.4 Å². The number of benzene rings is 1. The summed E-state index contributed by atoms with van der Waals surface area (Å²) in [4.78, 5) is 18.8. The van der Waals surface area contributed by atoms with E-state index >= 15 is 0 Å². The number of ether oxygens (including phenoxy) is 1. The van der Waals surface area contributed by atoms with E-state index < -0.39 is 0 Å². The predicted molar refractivity (Wildman–Crippen MR) is 111 cm³/mol. The molecule has 1 fully saturated rings. The van der Waals surface area contributed by atoms with Gasteiger partial charge in [0.15, 0.2) is 11.6 Å². The molecule has 1 aromatic heterocycles. The van der Waals surface area contributed by atoms with Crippen molar-refractivity contribution in [3.63, 3.8) is 0 Å². The van der Waals surface area contributed by atoms with Crippen molar-refractivity contribution in [1.29, 1.82) is 0 Å². The molecule has 0 spiro atoms. The number of amides is 1. The quantitative estimate of drug-likeness (QED) is 0.685. The van der Waals surface area contributed by atoms with E-state index in [0.29, 0.717) is 25.3 Å². The van der Waals surface area contributed by atoms with Crippen LogP contribution in [0.1, 0.15) is 30.1 Å². The number of anilines is 2. The van der Waals surface area contributed by atoms with Crippen LogP contribution in [-0.2, 0) is 0 Å². The summed E-state index contributed by atoms with van der Waals surface area (Å²) in [7, 11) is 3.88. The highest BCUT2D eigenvalue weighted by Gasteiger charge is 2.23. The molecule has 28 heavy (non-hydrogen) atoms. The van der Waals surface area contributed by atoms with E-state index in [1.165, 1.54) is 0 Å². The van der Waals surface area contributed by atoms with Crippen LogP contribution >= 0.6 is 0 Å². The van der Waals surface area contributed by atoms with Gasteiger partial charge in [-0.2, -0.15) is 0 Å². The molecule has 2 heterocycles. The van der Waals surface area contributed by atoms with E-state index in [1.807, 2.05) is 60.3 Å². The number of carbonyl (C=O) groups excluding carboxylic acids is 1. The van der Waals surface area contributed by atoms with Gasteiger partial charge in [0.05, 0.1) is 6.61 Å². The molecule has 0 radical (unpaired) electrons. The molecule has 7 heteroatoms. The summed E-state index contributed by atoms with van der Waals surface area (Å²) in [5, 5.41) is 8.54. The number of aromatic nitrogens is 2. The van der Waals surface area contributed by atoms with Gasteiger partial charge in [-0.25, -0.2) is 0 Å². The van der Waals surface area contributed by atoms with Gasteiger partial charge in [-0.15, -0.1) is 10.2 Å². The van der Waals surface area contributed by atoms with Gasteiger partial charge in [0, 0.05) is 45.8 Å². The molecule has 1 aliphatic rings. The molecule has 2 aromatic rings. The Morgan fingerprint density at radius 1 is 1.04 bits per heavy atom. The van der Waals surface area contributed by atoms with Crippen LogP contribution in [0.2, 0.25) is 0 Å². The number of piperazine rings is 1. The van der Waals surface area contributed by atoms with Gasteiger partial charge in [-0.05, 0) is 42.8 Å². The van der Waals surface area contributed by atoms with E-state index in [2.05, 4.69) is 22.0 Å². The summed E-state index contributed by atoms with van der Waals surface area (Å²) in [6.45, 7) is 5.69. The number of nitrogens with zero attached hydrogens (tertiary/aromatic N) is 5. The molecule has 0 bridgehead atoms. The second kappa shape index (κ2) is 9.39. The number of rotatable bonds is 7. The maximum atomic E-state index is 12.8. The molecule has 1 amide bonds. The van der Waals surface area contributed by atoms with Gasteiger partial charge in [0.2, 0.25) is 0 Å². The minimum atomic E-state index is 0.0637. The predicted octanol–water partition coefficient (Wildman–Crippen LogP) is 2.68. The van der Waals surface area contributed by atoms with Crippen LogP contribution in [0.25, 0.3) is 0 Å². The third-order valence-corrected chi connectivity index (χ3v) is 4.85. The third-order valence-electron chi connectivity index (χ3n) is 4.85. The maximum Gasteiger partial charge on any atom is 0.253 e. The average Bonchev–Trinajstić information content (AvgIpc) is 2.74. The fraction of sp³-hybridized carbons (Fsp3) is 0.476. The second-order valence-electron chi connectivity index (χ2n) is 7.15. The van der Waals surface area contributed by atoms with Crippen LogP contribution < -0.4 is 14.5 Å². The molecular formula is C21H29N5O2. The Morgan fingerprint density at radius 2 is 1.75 bits per heavy atom. The van der Waals surface area contributed by atoms with Crippen LogP contribution in [-0.4, -0.2) is 67.9 Å². The Balaban J connectivity index is 1.53. The lowest BCUT2D eigenvalue weighted by Crippen LogP contribution is -2.49. The Morgan fingerprint density at radius 3 is 2.32 bits per heavy atom. The first-order valence-electron chi connectivity index (χ1n) is 9.86. The highest BCUT2D eigenvalue weighted by atomic mass is 16.5. The van der Waals surface area contributed by atoms with Crippen LogP contribution in [0.3, 0.4) is 0 Å². The van der Waals surface area contributed by atoms with Gasteiger partial charge >= 0.3 is 0 Å². The molecule has 150 valence electrons. The maximum absolute atomic E-state index is 12.8. The molecule has 3 rings (SSSR count). The van der Waals surface area contributed by atoms with E-state index in [9.17, 15) is 4.79 Å². The van der Waals surface area contributed by atoms with Gasteiger partial charge in [0.1, 0.15) is 5.75 Å². The zero-order chi connectivity index (χ0) is 19.9. The molecule has 0 unspecified atom stereocenters. The highest BCUT2D eigenvalue weighted by Crippen LogP contribution is 2.18. The van der Waals surface area contributed by atoms with Gasteiger partial charge in [-0.1, -0.05) is 13.3 Å². The zero-order valence-corrected chi connectivity index (χ0v) is 17.0. The van der Waals surface area contributed by atoms with Crippen molar-refractivity contribution >= 4 is 17.5 Å². The molecule has 1 aromatic carbocycles. The van der Waals surface area contributed by atoms with Crippen molar-refractivity contribution in [3.05, 3.63) is 42.0 Å². The summed E-state index contributed by atoms with van der Waals surface area (Å²) in [6.07, 6.45) is 2.14. The normalized spacial score (nSPS) is 14.1. The molecule has 0 saturated carbocycles. The molecule has 0 aliphatic carbocycles. The number of carbonyl (C=O) groups is 1. The van der Waals surface area contributed by atoms with E-state index in [4.69, 9.17) is 4.74 Å². The van der Waals surface area contributed by atoms with Crippen molar-refractivity contribution in [2.75, 3.05) is 56.7 Å².